The number of rotatable bonds is 8. The summed E-state index contributed by atoms with van der Waals surface area (Å²) < 4.78 is 19.5. The van der Waals surface area contributed by atoms with Crippen LogP contribution in [0.5, 0.6) is 5.75 Å². The quantitative estimate of drug-likeness (QED) is 0.706. The van der Waals surface area contributed by atoms with Crippen LogP contribution in [0.2, 0.25) is 0 Å². The molecule has 160 valence electrons. The smallest absolute Gasteiger partial charge is 0.225 e. The van der Waals surface area contributed by atoms with Gasteiger partial charge >= 0.3 is 0 Å². The fourth-order valence-electron chi connectivity index (χ4n) is 4.07. The van der Waals surface area contributed by atoms with Gasteiger partial charge in [0.1, 0.15) is 11.6 Å². The number of para-hydroxylation sites is 1. The number of carbonyl (C=O) groups excluding carboxylic acids is 2. The van der Waals surface area contributed by atoms with Crippen molar-refractivity contribution in [3.05, 3.63) is 65.5 Å². The van der Waals surface area contributed by atoms with Crippen LogP contribution < -0.4 is 10.1 Å². The molecule has 2 aromatic rings. The minimum Gasteiger partial charge on any atom is -0.496 e. The minimum absolute atomic E-state index is 0.0532. The zero-order valence-corrected chi connectivity index (χ0v) is 17.6. The molecule has 1 aliphatic rings. The molecule has 1 saturated heterocycles. The highest BCUT2D eigenvalue weighted by molar-refractivity contribution is 5.85. The molecule has 1 fully saturated rings. The summed E-state index contributed by atoms with van der Waals surface area (Å²) in [6, 6.07) is 13.5. The maximum atomic E-state index is 14.0. The summed E-state index contributed by atoms with van der Waals surface area (Å²) in [5.74, 6) is -0.239. The molecule has 30 heavy (non-hydrogen) atoms. The van der Waals surface area contributed by atoms with Crippen LogP contribution in [0.15, 0.2) is 48.5 Å². The van der Waals surface area contributed by atoms with Gasteiger partial charge in [0.25, 0.3) is 0 Å². The minimum atomic E-state index is -0.428. The summed E-state index contributed by atoms with van der Waals surface area (Å²) in [6.07, 6.45) is 2.59. The second-order valence-corrected chi connectivity index (χ2v) is 7.58. The predicted octanol–water partition coefficient (Wildman–Crippen LogP) is 4.23. The number of amides is 2. The summed E-state index contributed by atoms with van der Waals surface area (Å²) in [5.41, 5.74) is 1.27. The number of ether oxygens (including phenoxy) is 1. The molecule has 0 saturated carbocycles. The molecule has 0 aliphatic carbocycles. The van der Waals surface area contributed by atoms with E-state index in [4.69, 9.17) is 4.74 Å². The number of carbonyl (C=O) groups is 2. The Morgan fingerprint density at radius 3 is 2.67 bits per heavy atom. The van der Waals surface area contributed by atoms with E-state index in [-0.39, 0.29) is 24.2 Å². The Labute approximate surface area is 177 Å². The number of nitrogens with one attached hydrogen (secondary N) is 1. The van der Waals surface area contributed by atoms with Gasteiger partial charge in [0.2, 0.25) is 11.8 Å². The van der Waals surface area contributed by atoms with E-state index in [0.29, 0.717) is 30.7 Å². The number of hydrogen-bond acceptors (Lipinski definition) is 3. The Morgan fingerprint density at radius 2 is 1.93 bits per heavy atom. The zero-order valence-electron chi connectivity index (χ0n) is 17.6. The monoisotopic (exact) mass is 412 g/mol. The zero-order chi connectivity index (χ0) is 21.5. The van der Waals surface area contributed by atoms with Gasteiger partial charge in [-0.1, -0.05) is 49.7 Å². The lowest BCUT2D eigenvalue weighted by Gasteiger charge is -2.41. The summed E-state index contributed by atoms with van der Waals surface area (Å²) in [5, 5.41) is 2.88. The Morgan fingerprint density at radius 1 is 1.20 bits per heavy atom. The van der Waals surface area contributed by atoms with Gasteiger partial charge in [-0.2, -0.15) is 0 Å². The molecular weight excluding hydrogens is 383 g/mol. The Hall–Kier alpha value is -2.89. The van der Waals surface area contributed by atoms with Gasteiger partial charge in [0, 0.05) is 30.6 Å². The third kappa shape index (κ3) is 4.81. The number of halogens is 1. The van der Waals surface area contributed by atoms with E-state index in [9.17, 15) is 14.0 Å². The number of benzene rings is 2. The summed E-state index contributed by atoms with van der Waals surface area (Å²) in [4.78, 5) is 27.8. The van der Waals surface area contributed by atoms with E-state index in [0.717, 1.165) is 18.4 Å². The lowest BCUT2D eigenvalue weighted by molar-refractivity contribution is -0.143. The molecule has 0 radical (unpaired) electrons. The number of piperidine rings is 1. The first kappa shape index (κ1) is 21.8. The molecule has 3 rings (SSSR count). The molecule has 1 heterocycles. The average Bonchev–Trinajstić information content (AvgIpc) is 2.77. The van der Waals surface area contributed by atoms with Gasteiger partial charge in [-0.15, -0.1) is 0 Å². The van der Waals surface area contributed by atoms with E-state index in [2.05, 4.69) is 12.2 Å². The molecule has 1 aliphatic heterocycles. The van der Waals surface area contributed by atoms with E-state index in [1.807, 2.05) is 29.2 Å². The fraction of sp³-hybridized carbons (Fsp3) is 0.417. The molecular formula is C24H29FN2O3. The first-order valence-corrected chi connectivity index (χ1v) is 10.5. The molecule has 0 spiro atoms. The second-order valence-electron chi connectivity index (χ2n) is 7.58. The SMILES string of the molecule is CCCCN1C(=O)CC[C@@H](C(=O)NCc2ccccc2F)[C@@H]1c1ccccc1OC. The predicted molar refractivity (Wildman–Crippen MR) is 113 cm³/mol. The Bertz CT molecular complexity index is 886. The van der Waals surface area contributed by atoms with Crippen LogP contribution in [-0.2, 0) is 16.1 Å². The Balaban J connectivity index is 1.88. The van der Waals surface area contributed by atoms with Crippen molar-refractivity contribution < 1.29 is 18.7 Å². The fourth-order valence-corrected chi connectivity index (χ4v) is 4.07. The third-order valence-electron chi connectivity index (χ3n) is 5.66. The highest BCUT2D eigenvalue weighted by Crippen LogP contribution is 2.40. The van der Waals surface area contributed by atoms with Gasteiger partial charge in [-0.05, 0) is 25.0 Å². The van der Waals surface area contributed by atoms with Crippen LogP contribution in [0.25, 0.3) is 0 Å². The van der Waals surface area contributed by atoms with Crippen LogP contribution in [0.4, 0.5) is 4.39 Å². The van der Waals surface area contributed by atoms with Crippen LogP contribution in [0.1, 0.15) is 49.8 Å². The molecule has 0 unspecified atom stereocenters. The molecule has 2 amide bonds. The van der Waals surface area contributed by atoms with E-state index in [1.54, 1.807) is 25.3 Å². The van der Waals surface area contributed by atoms with Gasteiger partial charge in [-0.3, -0.25) is 9.59 Å². The largest absolute Gasteiger partial charge is 0.496 e. The first-order valence-electron chi connectivity index (χ1n) is 10.5. The van der Waals surface area contributed by atoms with E-state index < -0.39 is 12.0 Å². The van der Waals surface area contributed by atoms with Gasteiger partial charge in [-0.25, -0.2) is 4.39 Å². The van der Waals surface area contributed by atoms with Crippen molar-refractivity contribution in [2.24, 2.45) is 5.92 Å². The highest BCUT2D eigenvalue weighted by Gasteiger charge is 2.41. The standard InChI is InChI=1S/C24H29FN2O3/c1-3-4-15-27-22(28)14-13-19(23(27)18-10-6-8-12-21(18)30-2)24(29)26-16-17-9-5-7-11-20(17)25/h5-12,19,23H,3-4,13-16H2,1-2H3,(H,26,29)/t19-,23+/m1/s1. The number of methoxy groups -OCH3 is 1. The van der Waals surface area contributed by atoms with Gasteiger partial charge < -0.3 is 15.0 Å². The van der Waals surface area contributed by atoms with Crippen molar-refractivity contribution >= 4 is 11.8 Å². The van der Waals surface area contributed by atoms with Crippen LogP contribution in [0, 0.1) is 11.7 Å². The van der Waals surface area contributed by atoms with Crippen LogP contribution in [-0.4, -0.2) is 30.4 Å². The summed E-state index contributed by atoms with van der Waals surface area (Å²) in [7, 11) is 1.59. The highest BCUT2D eigenvalue weighted by atomic mass is 19.1. The van der Waals surface area contributed by atoms with E-state index >= 15 is 0 Å². The van der Waals surface area contributed by atoms with Crippen molar-refractivity contribution in [3.8, 4) is 5.75 Å². The van der Waals surface area contributed by atoms with Crippen LogP contribution >= 0.6 is 0 Å². The molecule has 2 atom stereocenters. The van der Waals surface area contributed by atoms with Crippen LogP contribution in [0.3, 0.4) is 0 Å². The average molecular weight is 413 g/mol. The first-order chi connectivity index (χ1) is 14.6. The van der Waals surface area contributed by atoms with Gasteiger partial charge in [0.15, 0.2) is 0 Å². The molecule has 0 bridgehead atoms. The van der Waals surface area contributed by atoms with Gasteiger partial charge in [0.05, 0.1) is 19.1 Å². The maximum absolute atomic E-state index is 14.0. The maximum Gasteiger partial charge on any atom is 0.225 e. The second kappa shape index (κ2) is 10.2. The molecule has 5 nitrogen and oxygen atoms in total. The molecule has 0 aromatic heterocycles. The van der Waals surface area contributed by atoms with Crippen molar-refractivity contribution in [1.82, 2.24) is 10.2 Å². The number of hydrogen-bond donors (Lipinski definition) is 1. The topological polar surface area (TPSA) is 58.6 Å². The lowest BCUT2D eigenvalue weighted by atomic mass is 9.83. The number of nitrogens with zero attached hydrogens (tertiary/aromatic N) is 1. The van der Waals surface area contributed by atoms with Crippen molar-refractivity contribution in [2.75, 3.05) is 13.7 Å². The summed E-state index contributed by atoms with van der Waals surface area (Å²) >= 11 is 0. The molecule has 1 N–H and O–H groups in total. The Kier molecular flexibility index (Phi) is 7.44. The number of likely N-dealkylation sites (tertiary alicyclic amines) is 1. The molecule has 6 heteroatoms. The number of unbranched alkanes of at least 4 members (excludes halogenated alkanes) is 1. The van der Waals surface area contributed by atoms with E-state index in [1.165, 1.54) is 6.07 Å². The summed E-state index contributed by atoms with van der Waals surface area (Å²) in [6.45, 7) is 2.78. The third-order valence-corrected chi connectivity index (χ3v) is 5.66. The van der Waals surface area contributed by atoms with Crippen molar-refractivity contribution in [3.63, 3.8) is 0 Å². The van der Waals surface area contributed by atoms with Crippen molar-refractivity contribution in [1.29, 1.82) is 0 Å². The van der Waals surface area contributed by atoms with Crippen molar-refractivity contribution in [2.45, 2.75) is 45.2 Å². The normalized spacial score (nSPS) is 18.9. The lowest BCUT2D eigenvalue weighted by Crippen LogP contribution is -2.48. The molecule has 2 aromatic carbocycles.